The van der Waals surface area contributed by atoms with Gasteiger partial charge in [-0.2, -0.15) is 5.10 Å². The number of halogens is 3. The van der Waals surface area contributed by atoms with E-state index in [2.05, 4.69) is 14.6 Å². The summed E-state index contributed by atoms with van der Waals surface area (Å²) in [6.07, 6.45) is -2.50. The summed E-state index contributed by atoms with van der Waals surface area (Å²) >= 11 is 0. The second kappa shape index (κ2) is 8.63. The molecule has 4 aromatic rings. The molecular formula is C24H18F3N3O6. The largest absolute Gasteiger partial charge is 0.586 e. The smallest absolute Gasteiger partial charge is 0.497 e. The Bertz CT molecular complexity index is 1550. The number of ether oxygens (including phenoxy) is 3. The van der Waals surface area contributed by atoms with Gasteiger partial charge in [0.2, 0.25) is 5.91 Å². The molecule has 2 aromatic heterocycles. The van der Waals surface area contributed by atoms with Crippen molar-refractivity contribution in [3.8, 4) is 28.5 Å². The molecule has 3 heterocycles. The molecule has 5 rings (SSSR count). The Morgan fingerprint density at radius 1 is 1.14 bits per heavy atom. The van der Waals surface area contributed by atoms with E-state index < -0.39 is 30.1 Å². The van der Waals surface area contributed by atoms with Crippen LogP contribution in [0.5, 0.6) is 17.2 Å². The lowest BCUT2D eigenvalue weighted by Crippen LogP contribution is -2.37. The van der Waals surface area contributed by atoms with E-state index in [4.69, 9.17) is 9.15 Å². The molecule has 0 unspecified atom stereocenters. The van der Waals surface area contributed by atoms with E-state index in [1.54, 1.807) is 6.92 Å². The lowest BCUT2D eigenvalue weighted by Gasteiger charge is -2.21. The Hall–Kier alpha value is -4.48. The van der Waals surface area contributed by atoms with Gasteiger partial charge >= 0.3 is 6.29 Å². The van der Waals surface area contributed by atoms with Crippen LogP contribution in [0.4, 0.5) is 18.9 Å². The first-order chi connectivity index (χ1) is 17.2. The van der Waals surface area contributed by atoms with E-state index in [9.17, 15) is 22.8 Å². The first-order valence-corrected chi connectivity index (χ1v) is 10.7. The summed E-state index contributed by atoms with van der Waals surface area (Å²) in [7, 11) is 1.38. The van der Waals surface area contributed by atoms with Crippen molar-refractivity contribution in [1.29, 1.82) is 0 Å². The van der Waals surface area contributed by atoms with Crippen LogP contribution in [-0.2, 0) is 11.3 Å². The van der Waals surface area contributed by atoms with Crippen LogP contribution in [0, 0.1) is 5.82 Å². The van der Waals surface area contributed by atoms with Crippen LogP contribution in [0.1, 0.15) is 6.92 Å². The number of benzene rings is 2. The van der Waals surface area contributed by atoms with Crippen molar-refractivity contribution < 1.29 is 36.6 Å². The molecule has 186 valence electrons. The highest BCUT2D eigenvalue weighted by Gasteiger charge is 2.43. The van der Waals surface area contributed by atoms with Crippen LogP contribution < -0.4 is 24.7 Å². The normalized spacial score (nSPS) is 13.7. The molecule has 0 fully saturated rings. The second-order valence-corrected chi connectivity index (χ2v) is 7.79. The van der Waals surface area contributed by atoms with Crippen molar-refractivity contribution in [1.82, 2.24) is 9.78 Å². The van der Waals surface area contributed by atoms with Gasteiger partial charge in [-0.1, -0.05) is 0 Å². The summed E-state index contributed by atoms with van der Waals surface area (Å²) in [5.41, 5.74) is 0.196. The Balaban J connectivity index is 1.51. The van der Waals surface area contributed by atoms with Crippen LogP contribution in [0.2, 0.25) is 0 Å². The van der Waals surface area contributed by atoms with E-state index in [1.807, 2.05) is 0 Å². The highest BCUT2D eigenvalue weighted by Crippen LogP contribution is 2.43. The zero-order valence-electron chi connectivity index (χ0n) is 19.0. The summed E-state index contributed by atoms with van der Waals surface area (Å²) in [4.78, 5) is 27.5. The summed E-state index contributed by atoms with van der Waals surface area (Å²) in [5, 5.41) is 4.43. The van der Waals surface area contributed by atoms with E-state index in [0.29, 0.717) is 0 Å². The van der Waals surface area contributed by atoms with Crippen LogP contribution in [0.25, 0.3) is 22.2 Å². The number of anilines is 1. The van der Waals surface area contributed by atoms with Gasteiger partial charge in [0, 0.05) is 29.9 Å². The lowest BCUT2D eigenvalue weighted by molar-refractivity contribution is -0.286. The number of carbonyl (C=O) groups is 1. The molecule has 1 amide bonds. The summed E-state index contributed by atoms with van der Waals surface area (Å²) < 4.78 is 61.3. The van der Waals surface area contributed by atoms with Gasteiger partial charge in [-0.05, 0) is 37.3 Å². The Labute approximate surface area is 201 Å². The van der Waals surface area contributed by atoms with E-state index in [1.165, 1.54) is 60.7 Å². The maximum atomic E-state index is 14.2. The molecular weight excluding hydrogens is 483 g/mol. The number of furan rings is 1. The number of methoxy groups -OCH3 is 1. The van der Waals surface area contributed by atoms with Gasteiger partial charge in [-0.25, -0.2) is 9.07 Å². The molecule has 0 saturated carbocycles. The van der Waals surface area contributed by atoms with E-state index >= 15 is 0 Å². The zero-order valence-corrected chi connectivity index (χ0v) is 19.0. The fraction of sp³-hybridized carbons (Fsp3) is 0.208. The predicted molar refractivity (Wildman–Crippen MR) is 121 cm³/mol. The third kappa shape index (κ3) is 4.10. The highest BCUT2D eigenvalue weighted by atomic mass is 19.3. The number of hydrogen-bond donors (Lipinski definition) is 0. The van der Waals surface area contributed by atoms with Crippen molar-refractivity contribution in [3.63, 3.8) is 0 Å². The number of nitrogens with zero attached hydrogens (tertiary/aromatic N) is 3. The second-order valence-electron chi connectivity index (χ2n) is 7.79. The van der Waals surface area contributed by atoms with Gasteiger partial charge in [-0.3, -0.25) is 9.59 Å². The minimum absolute atomic E-state index is 0.125. The molecule has 0 saturated heterocycles. The van der Waals surface area contributed by atoms with E-state index in [-0.39, 0.29) is 51.7 Å². The molecule has 9 nitrogen and oxygen atoms in total. The molecule has 0 aliphatic carbocycles. The first kappa shape index (κ1) is 23.3. The summed E-state index contributed by atoms with van der Waals surface area (Å²) in [6.45, 7) is 1.35. The van der Waals surface area contributed by atoms with Crippen molar-refractivity contribution in [3.05, 3.63) is 64.9 Å². The van der Waals surface area contributed by atoms with Gasteiger partial charge < -0.3 is 23.5 Å². The molecule has 0 atom stereocenters. The quantitative estimate of drug-likeness (QED) is 0.391. The maximum absolute atomic E-state index is 14.2. The molecule has 0 radical (unpaired) electrons. The molecule has 0 bridgehead atoms. The average molecular weight is 501 g/mol. The van der Waals surface area contributed by atoms with Crippen LogP contribution >= 0.6 is 0 Å². The van der Waals surface area contributed by atoms with Crippen molar-refractivity contribution in [2.75, 3.05) is 18.6 Å². The molecule has 0 spiro atoms. The SMILES string of the molecule is CCN(C(=O)Cn1nc(-c2cc(F)cc(OC)c2)c2occc2c1=O)c1ccc2c(c1)OC(F)(F)O2. The van der Waals surface area contributed by atoms with Gasteiger partial charge in [0.05, 0.1) is 18.8 Å². The minimum Gasteiger partial charge on any atom is -0.497 e. The molecule has 12 heteroatoms. The monoisotopic (exact) mass is 501 g/mol. The predicted octanol–water partition coefficient (Wildman–Crippen LogP) is 4.18. The molecule has 1 aliphatic rings. The van der Waals surface area contributed by atoms with Gasteiger partial charge in [0.15, 0.2) is 17.1 Å². The topological polar surface area (TPSA) is 96.0 Å². The number of amides is 1. The number of hydrogen-bond acceptors (Lipinski definition) is 7. The summed E-state index contributed by atoms with van der Waals surface area (Å²) in [6, 6.07) is 9.26. The number of fused-ring (bicyclic) bond motifs is 2. The summed E-state index contributed by atoms with van der Waals surface area (Å²) in [5.74, 6) is -1.30. The third-order valence-electron chi connectivity index (χ3n) is 5.55. The zero-order chi connectivity index (χ0) is 25.6. The van der Waals surface area contributed by atoms with Gasteiger partial charge in [0.25, 0.3) is 5.56 Å². The Kier molecular flexibility index (Phi) is 5.58. The van der Waals surface area contributed by atoms with E-state index in [0.717, 1.165) is 4.68 Å². The minimum atomic E-state index is -3.80. The Morgan fingerprint density at radius 3 is 2.67 bits per heavy atom. The average Bonchev–Trinajstić information content (AvgIpc) is 3.44. The van der Waals surface area contributed by atoms with Crippen LogP contribution in [0.15, 0.2) is 57.9 Å². The molecule has 1 aliphatic heterocycles. The fourth-order valence-electron chi connectivity index (χ4n) is 3.95. The van der Waals surface area contributed by atoms with Crippen molar-refractivity contribution in [2.45, 2.75) is 19.8 Å². The fourth-order valence-corrected chi connectivity index (χ4v) is 3.95. The van der Waals surface area contributed by atoms with Crippen molar-refractivity contribution >= 4 is 22.6 Å². The van der Waals surface area contributed by atoms with Gasteiger partial charge in [0.1, 0.15) is 23.8 Å². The van der Waals surface area contributed by atoms with Crippen LogP contribution in [0.3, 0.4) is 0 Å². The highest BCUT2D eigenvalue weighted by molar-refractivity contribution is 5.94. The molecule has 36 heavy (non-hydrogen) atoms. The number of alkyl halides is 2. The number of aromatic nitrogens is 2. The third-order valence-corrected chi connectivity index (χ3v) is 5.55. The van der Waals surface area contributed by atoms with Crippen molar-refractivity contribution in [2.24, 2.45) is 0 Å². The molecule has 0 N–H and O–H groups in total. The number of rotatable bonds is 6. The first-order valence-electron chi connectivity index (χ1n) is 10.7. The number of carbonyl (C=O) groups excluding carboxylic acids is 1. The van der Waals surface area contributed by atoms with Gasteiger partial charge in [-0.15, -0.1) is 8.78 Å². The Morgan fingerprint density at radius 2 is 1.92 bits per heavy atom. The lowest BCUT2D eigenvalue weighted by atomic mass is 10.1. The number of likely N-dealkylation sites (N-methyl/N-ethyl adjacent to an activating group) is 1. The standard InChI is InChI=1S/C24H18F3N3O6/c1-3-29(15-4-5-18-19(11-15)36-24(26,27)35-18)20(31)12-30-23(32)17-6-7-34-22(17)21(28-30)13-8-14(25)10-16(9-13)33-2/h4-11H,3,12H2,1-2H3. The molecule has 2 aromatic carbocycles. The van der Waals surface area contributed by atoms with Crippen LogP contribution in [-0.4, -0.2) is 35.6 Å². The maximum Gasteiger partial charge on any atom is 0.586 e.